The van der Waals surface area contributed by atoms with Crippen molar-refractivity contribution in [3.8, 4) is 5.75 Å². The van der Waals surface area contributed by atoms with Gasteiger partial charge in [0.25, 0.3) is 11.1 Å². The summed E-state index contributed by atoms with van der Waals surface area (Å²) < 4.78 is 11.1. The summed E-state index contributed by atoms with van der Waals surface area (Å²) in [4.78, 5) is 55.0. The molecule has 2 aliphatic heterocycles. The number of hydrogen-bond acceptors (Lipinski definition) is 8. The third-order valence-corrected chi connectivity index (χ3v) is 7.58. The molecule has 0 spiro atoms. The van der Waals surface area contributed by atoms with Crippen LogP contribution in [0.5, 0.6) is 5.75 Å². The van der Waals surface area contributed by atoms with Gasteiger partial charge in [0.2, 0.25) is 5.91 Å². The minimum Gasteiger partial charge on any atom is -0.481 e. The minimum atomic E-state index is -0.482. The van der Waals surface area contributed by atoms with Gasteiger partial charge in [-0.15, -0.1) is 0 Å². The van der Waals surface area contributed by atoms with Crippen molar-refractivity contribution in [2.75, 3.05) is 50.8 Å². The van der Waals surface area contributed by atoms with Crippen molar-refractivity contribution in [1.82, 2.24) is 9.80 Å². The number of carbonyl (C=O) groups is 4. The number of nitrogens with zero attached hydrogens (tertiary/aromatic N) is 3. The molecule has 0 aromatic heterocycles. The van der Waals surface area contributed by atoms with Crippen LogP contribution < -0.4 is 9.64 Å². The highest BCUT2D eigenvalue weighted by Gasteiger charge is 2.37. The van der Waals surface area contributed by atoms with Crippen LogP contribution in [0.15, 0.2) is 53.4 Å². The minimum absolute atomic E-state index is 0.197. The fraction of sp³-hybridized carbons (Fsp3) is 0.308. The van der Waals surface area contributed by atoms with E-state index in [0.29, 0.717) is 37.5 Å². The summed E-state index contributed by atoms with van der Waals surface area (Å²) in [6.45, 7) is 3.98. The number of carbonyl (C=O) groups excluding carboxylic acids is 4. The number of thioether (sulfide) groups is 1. The van der Waals surface area contributed by atoms with Crippen LogP contribution in [0.2, 0.25) is 0 Å². The summed E-state index contributed by atoms with van der Waals surface area (Å²) in [5, 5.41) is -0.461. The Morgan fingerprint density at radius 2 is 1.78 bits per heavy atom. The predicted octanol–water partition coefficient (Wildman–Crippen LogP) is 3.62. The Balaban J connectivity index is 1.33. The van der Waals surface area contributed by atoms with Crippen molar-refractivity contribution in [3.63, 3.8) is 0 Å². The molecule has 194 valence electrons. The third-order valence-electron chi connectivity index (χ3n) is 5.83. The third kappa shape index (κ3) is 6.83. The molecule has 9 nitrogen and oxygen atoms in total. The van der Waals surface area contributed by atoms with Crippen LogP contribution in [0.3, 0.4) is 0 Å². The van der Waals surface area contributed by atoms with Crippen LogP contribution in [0.4, 0.5) is 10.5 Å². The highest BCUT2D eigenvalue weighted by atomic mass is 127. The van der Waals surface area contributed by atoms with E-state index in [1.54, 1.807) is 36.1 Å². The number of imide groups is 1. The molecule has 0 atom stereocenters. The Bertz CT molecular complexity index is 1210. The molecular formula is C26H26IN3O6S. The van der Waals surface area contributed by atoms with Gasteiger partial charge in [-0.1, -0.05) is 24.3 Å². The Kier molecular flexibility index (Phi) is 9.09. The largest absolute Gasteiger partial charge is 0.481 e. The SMILES string of the molecule is CCOC(=O)COc1ccc(/C=C2/SC(=O)N(CC(=O)N3CCN(c4ccccc4)CC3)C2=O)cc1I. The fourth-order valence-electron chi connectivity index (χ4n) is 3.94. The van der Waals surface area contributed by atoms with Crippen molar-refractivity contribution in [3.05, 3.63) is 62.6 Å². The van der Waals surface area contributed by atoms with Crippen LogP contribution in [-0.2, 0) is 19.1 Å². The Hall–Kier alpha value is -3.06. The van der Waals surface area contributed by atoms with Gasteiger partial charge in [0, 0.05) is 31.9 Å². The molecule has 37 heavy (non-hydrogen) atoms. The molecule has 4 rings (SSSR count). The van der Waals surface area contributed by atoms with E-state index in [9.17, 15) is 19.2 Å². The van der Waals surface area contributed by atoms with Gasteiger partial charge < -0.3 is 19.3 Å². The van der Waals surface area contributed by atoms with Crippen molar-refractivity contribution in [2.24, 2.45) is 0 Å². The quantitative estimate of drug-likeness (QED) is 0.247. The monoisotopic (exact) mass is 635 g/mol. The number of benzene rings is 2. The molecular weight excluding hydrogens is 609 g/mol. The highest BCUT2D eigenvalue weighted by molar-refractivity contribution is 14.1. The van der Waals surface area contributed by atoms with Gasteiger partial charge in [-0.25, -0.2) is 4.79 Å². The second-order valence-electron chi connectivity index (χ2n) is 8.25. The van der Waals surface area contributed by atoms with E-state index in [1.165, 1.54) is 0 Å². The molecule has 0 unspecified atom stereocenters. The predicted molar refractivity (Wildman–Crippen MR) is 149 cm³/mol. The lowest BCUT2D eigenvalue weighted by molar-refractivity contribution is -0.145. The Morgan fingerprint density at radius 3 is 2.46 bits per heavy atom. The molecule has 2 fully saturated rings. The molecule has 2 aromatic rings. The number of para-hydroxylation sites is 1. The summed E-state index contributed by atoms with van der Waals surface area (Å²) >= 11 is 2.89. The lowest BCUT2D eigenvalue weighted by Gasteiger charge is -2.36. The van der Waals surface area contributed by atoms with Gasteiger partial charge >= 0.3 is 5.97 Å². The van der Waals surface area contributed by atoms with E-state index >= 15 is 0 Å². The number of ether oxygens (including phenoxy) is 2. The van der Waals surface area contributed by atoms with E-state index in [-0.39, 0.29) is 30.6 Å². The van der Waals surface area contributed by atoms with Crippen molar-refractivity contribution in [2.45, 2.75) is 6.92 Å². The van der Waals surface area contributed by atoms with E-state index < -0.39 is 17.1 Å². The Labute approximate surface area is 232 Å². The van der Waals surface area contributed by atoms with E-state index in [2.05, 4.69) is 27.5 Å². The first-order chi connectivity index (χ1) is 17.9. The molecule has 2 saturated heterocycles. The van der Waals surface area contributed by atoms with E-state index in [1.807, 2.05) is 30.3 Å². The summed E-state index contributed by atoms with van der Waals surface area (Å²) in [6, 6.07) is 15.2. The fourth-order valence-corrected chi connectivity index (χ4v) is 5.47. The number of esters is 1. The molecule has 0 N–H and O–H groups in total. The number of amides is 3. The summed E-state index contributed by atoms with van der Waals surface area (Å²) in [5.41, 5.74) is 1.81. The van der Waals surface area contributed by atoms with Gasteiger partial charge in [-0.3, -0.25) is 19.3 Å². The van der Waals surface area contributed by atoms with Crippen LogP contribution in [-0.4, -0.2) is 78.8 Å². The molecule has 0 aliphatic carbocycles. The lowest BCUT2D eigenvalue weighted by Crippen LogP contribution is -2.51. The van der Waals surface area contributed by atoms with Crippen molar-refractivity contribution in [1.29, 1.82) is 0 Å². The molecule has 0 bridgehead atoms. The molecule has 0 saturated carbocycles. The summed E-state index contributed by atoms with van der Waals surface area (Å²) in [5.74, 6) is -0.668. The van der Waals surface area contributed by atoms with Gasteiger partial charge in [-0.05, 0) is 77.2 Å². The maximum absolute atomic E-state index is 12.9. The van der Waals surface area contributed by atoms with Crippen LogP contribution in [0, 0.1) is 3.57 Å². The summed E-state index contributed by atoms with van der Waals surface area (Å²) in [7, 11) is 0. The van der Waals surface area contributed by atoms with Gasteiger partial charge in [0.05, 0.1) is 15.1 Å². The van der Waals surface area contributed by atoms with Crippen LogP contribution in [0.25, 0.3) is 6.08 Å². The number of anilines is 1. The molecule has 2 aromatic carbocycles. The van der Waals surface area contributed by atoms with E-state index in [4.69, 9.17) is 9.47 Å². The van der Waals surface area contributed by atoms with Crippen LogP contribution >= 0.6 is 34.4 Å². The highest BCUT2D eigenvalue weighted by Crippen LogP contribution is 2.33. The number of hydrogen-bond donors (Lipinski definition) is 0. The summed E-state index contributed by atoms with van der Waals surface area (Å²) in [6.07, 6.45) is 1.62. The van der Waals surface area contributed by atoms with Gasteiger partial charge in [0.1, 0.15) is 12.3 Å². The van der Waals surface area contributed by atoms with Gasteiger partial charge in [0.15, 0.2) is 6.61 Å². The smallest absolute Gasteiger partial charge is 0.344 e. The van der Waals surface area contributed by atoms with Crippen molar-refractivity contribution < 1.29 is 28.7 Å². The second-order valence-corrected chi connectivity index (χ2v) is 10.4. The topological polar surface area (TPSA) is 96.5 Å². The molecule has 11 heteroatoms. The molecule has 3 amide bonds. The normalized spacial score (nSPS) is 16.9. The zero-order valence-corrected chi connectivity index (χ0v) is 23.2. The van der Waals surface area contributed by atoms with E-state index in [0.717, 1.165) is 25.9 Å². The first-order valence-electron chi connectivity index (χ1n) is 11.8. The zero-order chi connectivity index (χ0) is 26.4. The van der Waals surface area contributed by atoms with Gasteiger partial charge in [-0.2, -0.15) is 0 Å². The zero-order valence-electron chi connectivity index (χ0n) is 20.2. The average Bonchev–Trinajstić information content (AvgIpc) is 3.16. The molecule has 0 radical (unpaired) electrons. The molecule has 2 heterocycles. The number of halogens is 1. The van der Waals surface area contributed by atoms with Crippen LogP contribution in [0.1, 0.15) is 12.5 Å². The average molecular weight is 635 g/mol. The van der Waals surface area contributed by atoms with Crippen molar-refractivity contribution >= 4 is 69.1 Å². The standard InChI is InChI=1S/C26H26IN3O6S/c1-2-35-24(32)17-36-21-9-8-18(14-20(21)27)15-22-25(33)30(26(34)37-22)16-23(31)29-12-10-28(11-13-29)19-6-4-3-5-7-19/h3-9,14-15H,2,10-13,16-17H2,1H3/b22-15+. The second kappa shape index (κ2) is 12.5. The maximum atomic E-state index is 12.9. The first kappa shape index (κ1) is 27.0. The number of piperazine rings is 1. The lowest BCUT2D eigenvalue weighted by atomic mass is 10.2. The maximum Gasteiger partial charge on any atom is 0.344 e. The first-order valence-corrected chi connectivity index (χ1v) is 13.7. The number of rotatable bonds is 8. The Morgan fingerprint density at radius 1 is 1.05 bits per heavy atom. The molecule has 2 aliphatic rings.